The molecule has 1 aromatic carbocycles. The Morgan fingerprint density at radius 2 is 2.04 bits per heavy atom. The van der Waals surface area contributed by atoms with Gasteiger partial charge >= 0.3 is 6.36 Å². The van der Waals surface area contributed by atoms with E-state index in [2.05, 4.69) is 15.0 Å². The van der Waals surface area contributed by atoms with Crippen molar-refractivity contribution in [3.05, 3.63) is 29.8 Å². The van der Waals surface area contributed by atoms with E-state index in [9.17, 15) is 13.2 Å². The Labute approximate surface area is 180 Å². The normalized spacial score (nSPS) is 22.4. The molecule has 158 valence electrons. The van der Waals surface area contributed by atoms with Gasteiger partial charge in [-0.25, -0.2) is 0 Å². The summed E-state index contributed by atoms with van der Waals surface area (Å²) in [5.74, 6) is 0.697. The van der Waals surface area contributed by atoms with Crippen molar-refractivity contribution in [2.24, 2.45) is 10.4 Å². The van der Waals surface area contributed by atoms with Crippen LogP contribution < -0.4 is 10.1 Å². The van der Waals surface area contributed by atoms with Gasteiger partial charge in [0.1, 0.15) is 5.75 Å². The van der Waals surface area contributed by atoms with Crippen LogP contribution in [0.1, 0.15) is 25.3 Å². The number of rotatable bonds is 5. The number of benzene rings is 1. The zero-order valence-corrected chi connectivity index (χ0v) is 18.3. The fourth-order valence-corrected chi connectivity index (χ4v) is 3.66. The minimum atomic E-state index is -4.66. The third-order valence-electron chi connectivity index (χ3n) is 5.08. The summed E-state index contributed by atoms with van der Waals surface area (Å²) in [5.41, 5.74) is 1.19. The Kier molecular flexibility index (Phi) is 8.23. The van der Waals surface area contributed by atoms with Crippen LogP contribution >= 0.6 is 24.0 Å². The number of hydrogen-bond acceptors (Lipinski definition) is 3. The number of hydrogen-bond donors (Lipinski definition) is 1. The van der Waals surface area contributed by atoms with E-state index in [1.165, 1.54) is 12.1 Å². The molecule has 0 aromatic heterocycles. The molecule has 2 aliphatic heterocycles. The minimum Gasteiger partial charge on any atom is -0.406 e. The molecule has 2 heterocycles. The number of nitrogens with one attached hydrogen (secondary N) is 1. The van der Waals surface area contributed by atoms with Crippen LogP contribution in [0.2, 0.25) is 0 Å². The van der Waals surface area contributed by atoms with Crippen LogP contribution in [-0.2, 0) is 11.2 Å². The molecule has 1 aromatic rings. The molecule has 2 fully saturated rings. The molecular weight excluding hydrogens is 486 g/mol. The van der Waals surface area contributed by atoms with Gasteiger partial charge in [0, 0.05) is 38.2 Å². The van der Waals surface area contributed by atoms with Gasteiger partial charge < -0.3 is 19.7 Å². The average molecular weight is 513 g/mol. The first-order chi connectivity index (χ1) is 12.9. The number of aliphatic imine (C=N–C) groups is 1. The van der Waals surface area contributed by atoms with E-state index in [4.69, 9.17) is 9.73 Å². The van der Waals surface area contributed by atoms with Gasteiger partial charge in [-0.15, -0.1) is 37.1 Å². The molecule has 3 rings (SSSR count). The molecule has 0 bridgehead atoms. The van der Waals surface area contributed by atoms with Crippen LogP contribution in [0.25, 0.3) is 0 Å². The first-order valence-electron chi connectivity index (χ1n) is 9.35. The lowest BCUT2D eigenvalue weighted by molar-refractivity contribution is -0.274. The van der Waals surface area contributed by atoms with Crippen LogP contribution in [-0.4, -0.2) is 56.6 Å². The van der Waals surface area contributed by atoms with Gasteiger partial charge in [-0.1, -0.05) is 12.1 Å². The molecule has 1 atom stereocenters. The third-order valence-corrected chi connectivity index (χ3v) is 5.08. The number of halogens is 4. The highest BCUT2D eigenvalue weighted by molar-refractivity contribution is 14.0. The van der Waals surface area contributed by atoms with E-state index in [-0.39, 0.29) is 35.1 Å². The summed E-state index contributed by atoms with van der Waals surface area (Å²) < 4.78 is 46.1. The lowest BCUT2D eigenvalue weighted by atomic mass is 9.87. The third kappa shape index (κ3) is 6.40. The van der Waals surface area contributed by atoms with Crippen LogP contribution in [0.15, 0.2) is 29.3 Å². The number of likely N-dealkylation sites (tertiary alicyclic amines) is 1. The second kappa shape index (κ2) is 10.00. The zero-order valence-electron chi connectivity index (χ0n) is 15.9. The predicted octanol–water partition coefficient (Wildman–Crippen LogP) is 3.82. The van der Waals surface area contributed by atoms with Crippen LogP contribution in [0, 0.1) is 5.41 Å². The Bertz CT molecular complexity index is 647. The van der Waals surface area contributed by atoms with Crippen molar-refractivity contribution in [3.8, 4) is 5.75 Å². The second-order valence-corrected chi connectivity index (χ2v) is 7.15. The Hall–Kier alpha value is -1.23. The smallest absolute Gasteiger partial charge is 0.406 e. The lowest BCUT2D eigenvalue weighted by Crippen LogP contribution is -2.41. The molecular formula is C19H27F3IN3O2. The van der Waals surface area contributed by atoms with Crippen molar-refractivity contribution < 1.29 is 22.6 Å². The fourth-order valence-electron chi connectivity index (χ4n) is 3.66. The fraction of sp³-hybridized carbons (Fsp3) is 0.632. The topological polar surface area (TPSA) is 46.1 Å². The van der Waals surface area contributed by atoms with Crippen LogP contribution in [0.4, 0.5) is 13.2 Å². The summed E-state index contributed by atoms with van der Waals surface area (Å²) in [5, 5.41) is 3.34. The monoisotopic (exact) mass is 513 g/mol. The molecule has 0 radical (unpaired) electrons. The van der Waals surface area contributed by atoms with Crippen LogP contribution in [0.3, 0.4) is 0 Å². The molecule has 0 aliphatic carbocycles. The maximum Gasteiger partial charge on any atom is 0.573 e. The van der Waals surface area contributed by atoms with E-state index in [0.29, 0.717) is 13.0 Å². The van der Waals surface area contributed by atoms with Crippen molar-refractivity contribution >= 4 is 29.9 Å². The Morgan fingerprint density at radius 3 is 2.64 bits per heavy atom. The van der Waals surface area contributed by atoms with E-state index in [1.807, 2.05) is 6.92 Å². The van der Waals surface area contributed by atoms with Gasteiger partial charge in [0.05, 0.1) is 6.61 Å². The zero-order chi connectivity index (χ0) is 19.3. The second-order valence-electron chi connectivity index (χ2n) is 7.15. The minimum absolute atomic E-state index is 0. The standard InChI is InChI=1S/C19H26F3N3O2.HI/c1-2-23-17(25-11-8-18(13-25)9-12-26-14-18)24-10-7-15-3-5-16(6-4-15)27-19(20,21)22;/h3-6H,2,7-14H2,1H3,(H,23,24);1H. The van der Waals surface area contributed by atoms with E-state index in [1.54, 1.807) is 12.1 Å². The van der Waals surface area contributed by atoms with Crippen LogP contribution in [0.5, 0.6) is 5.75 Å². The molecule has 9 heteroatoms. The van der Waals surface area contributed by atoms with Gasteiger partial charge in [0.25, 0.3) is 0 Å². The highest BCUT2D eigenvalue weighted by atomic mass is 127. The van der Waals surface area contributed by atoms with Gasteiger partial charge in [-0.3, -0.25) is 4.99 Å². The maximum atomic E-state index is 12.2. The molecule has 1 unspecified atom stereocenters. The largest absolute Gasteiger partial charge is 0.573 e. The van der Waals surface area contributed by atoms with E-state index in [0.717, 1.165) is 57.2 Å². The van der Waals surface area contributed by atoms with Crippen molar-refractivity contribution in [1.82, 2.24) is 10.2 Å². The predicted molar refractivity (Wildman–Crippen MR) is 112 cm³/mol. The lowest BCUT2D eigenvalue weighted by Gasteiger charge is -2.25. The first-order valence-corrected chi connectivity index (χ1v) is 9.35. The van der Waals surface area contributed by atoms with Gasteiger partial charge in [0.15, 0.2) is 5.96 Å². The first kappa shape index (κ1) is 23.1. The van der Waals surface area contributed by atoms with E-state index < -0.39 is 6.36 Å². The van der Waals surface area contributed by atoms with E-state index >= 15 is 0 Å². The number of nitrogens with zero attached hydrogens (tertiary/aromatic N) is 2. The summed E-state index contributed by atoms with van der Waals surface area (Å²) in [7, 11) is 0. The van der Waals surface area contributed by atoms with Gasteiger partial charge in [0.2, 0.25) is 0 Å². The number of ether oxygens (including phenoxy) is 2. The average Bonchev–Trinajstić information content (AvgIpc) is 3.25. The highest BCUT2D eigenvalue weighted by Gasteiger charge is 2.42. The molecule has 1 N–H and O–H groups in total. The summed E-state index contributed by atoms with van der Waals surface area (Å²) in [6.07, 6.45) is -1.78. The Morgan fingerprint density at radius 1 is 1.29 bits per heavy atom. The van der Waals surface area contributed by atoms with Crippen molar-refractivity contribution in [2.45, 2.75) is 32.5 Å². The number of alkyl halides is 3. The van der Waals surface area contributed by atoms with Gasteiger partial charge in [-0.2, -0.15) is 0 Å². The highest BCUT2D eigenvalue weighted by Crippen LogP contribution is 2.38. The SMILES string of the molecule is CCNC(=NCCc1ccc(OC(F)(F)F)cc1)N1CCC2(CCOC2)C1.I. The summed E-state index contributed by atoms with van der Waals surface area (Å²) in [4.78, 5) is 7.00. The summed E-state index contributed by atoms with van der Waals surface area (Å²) in [6.45, 7) is 7.01. The van der Waals surface area contributed by atoms with Crippen molar-refractivity contribution in [1.29, 1.82) is 0 Å². The maximum absolute atomic E-state index is 12.2. The summed E-state index contributed by atoms with van der Waals surface area (Å²) >= 11 is 0. The summed E-state index contributed by atoms with van der Waals surface area (Å²) in [6, 6.07) is 5.96. The van der Waals surface area contributed by atoms with Crippen molar-refractivity contribution in [3.63, 3.8) is 0 Å². The molecule has 0 saturated carbocycles. The quantitative estimate of drug-likeness (QED) is 0.370. The molecule has 1 spiro atoms. The molecule has 2 aliphatic rings. The molecule has 28 heavy (non-hydrogen) atoms. The Balaban J connectivity index is 0.00000280. The molecule has 2 saturated heterocycles. The molecule has 5 nitrogen and oxygen atoms in total. The molecule has 0 amide bonds. The number of guanidine groups is 1. The van der Waals surface area contributed by atoms with Crippen molar-refractivity contribution in [2.75, 3.05) is 39.4 Å². The van der Waals surface area contributed by atoms with Gasteiger partial charge in [-0.05, 0) is 43.9 Å².